The summed E-state index contributed by atoms with van der Waals surface area (Å²) in [5, 5.41) is 0.377. The molecule has 2 aromatic rings. The summed E-state index contributed by atoms with van der Waals surface area (Å²) in [6, 6.07) is 3.68. The molecule has 2 heterocycles. The van der Waals surface area contributed by atoms with Crippen molar-refractivity contribution < 1.29 is 9.47 Å². The number of benzene rings is 1. The number of fused-ring (bicyclic) bond motifs is 2. The Morgan fingerprint density at radius 2 is 1.93 bits per heavy atom. The van der Waals surface area contributed by atoms with E-state index in [4.69, 9.17) is 21.1 Å². The van der Waals surface area contributed by atoms with E-state index in [1.165, 1.54) is 0 Å². The highest BCUT2D eigenvalue weighted by atomic mass is 35.5. The maximum Gasteiger partial charge on any atom is 0.201 e. The third-order valence-electron chi connectivity index (χ3n) is 2.12. The highest BCUT2D eigenvalue weighted by Crippen LogP contribution is 2.33. The average molecular weight is 211 g/mol. The molecule has 0 saturated carbocycles. The molecule has 4 nitrogen and oxygen atoms in total. The summed E-state index contributed by atoms with van der Waals surface area (Å²) in [6.45, 7) is 1.16. The van der Waals surface area contributed by atoms with Crippen molar-refractivity contribution in [1.29, 1.82) is 0 Å². The minimum atomic E-state index is 0.377. The summed E-state index contributed by atoms with van der Waals surface area (Å²) in [6.07, 6.45) is 0. The molecule has 0 fully saturated rings. The first-order valence-corrected chi connectivity index (χ1v) is 4.65. The number of aromatic nitrogens is 2. The molecule has 0 amide bonds. The number of nitrogens with zero attached hydrogens (tertiary/aromatic N) is 1. The van der Waals surface area contributed by atoms with Gasteiger partial charge < -0.3 is 14.5 Å². The number of H-pyrrole nitrogens is 1. The van der Waals surface area contributed by atoms with Crippen LogP contribution in [0.25, 0.3) is 11.0 Å². The van der Waals surface area contributed by atoms with E-state index >= 15 is 0 Å². The maximum absolute atomic E-state index is 5.74. The molecule has 0 atom stereocenters. The Labute approximate surface area is 84.8 Å². The Morgan fingerprint density at radius 1 is 1.21 bits per heavy atom. The third-order valence-corrected chi connectivity index (χ3v) is 2.30. The van der Waals surface area contributed by atoms with E-state index in [1.54, 1.807) is 0 Å². The molecule has 1 aliphatic heterocycles. The van der Waals surface area contributed by atoms with Crippen LogP contribution in [0.1, 0.15) is 0 Å². The van der Waals surface area contributed by atoms with Crippen molar-refractivity contribution in [3.05, 3.63) is 17.4 Å². The highest BCUT2D eigenvalue weighted by Gasteiger charge is 2.14. The van der Waals surface area contributed by atoms with Crippen LogP contribution in [0.4, 0.5) is 0 Å². The van der Waals surface area contributed by atoms with Gasteiger partial charge in [0, 0.05) is 12.1 Å². The fourth-order valence-corrected chi connectivity index (χ4v) is 1.71. The number of aromatic amines is 1. The maximum atomic E-state index is 5.74. The van der Waals surface area contributed by atoms with Gasteiger partial charge in [0.2, 0.25) is 5.28 Å². The van der Waals surface area contributed by atoms with Crippen LogP contribution in [0.2, 0.25) is 5.28 Å². The normalized spacial score (nSPS) is 14.6. The lowest BCUT2D eigenvalue weighted by Gasteiger charge is -2.17. The van der Waals surface area contributed by atoms with E-state index < -0.39 is 0 Å². The summed E-state index contributed by atoms with van der Waals surface area (Å²) in [7, 11) is 0. The molecule has 0 saturated heterocycles. The molecule has 0 radical (unpaired) electrons. The van der Waals surface area contributed by atoms with E-state index in [-0.39, 0.29) is 0 Å². The minimum Gasteiger partial charge on any atom is -0.486 e. The zero-order chi connectivity index (χ0) is 9.54. The Hall–Kier alpha value is -1.42. The van der Waals surface area contributed by atoms with Gasteiger partial charge in [0.15, 0.2) is 11.5 Å². The predicted molar refractivity (Wildman–Crippen MR) is 52.1 cm³/mol. The van der Waals surface area contributed by atoms with Gasteiger partial charge in [-0.2, -0.15) is 0 Å². The summed E-state index contributed by atoms with van der Waals surface area (Å²) in [5.41, 5.74) is 1.65. The molecular weight excluding hydrogens is 204 g/mol. The van der Waals surface area contributed by atoms with E-state index in [1.807, 2.05) is 12.1 Å². The van der Waals surface area contributed by atoms with Crippen LogP contribution in [-0.4, -0.2) is 23.2 Å². The molecule has 0 unspecified atom stereocenters. The van der Waals surface area contributed by atoms with Gasteiger partial charge >= 0.3 is 0 Å². The lowest BCUT2D eigenvalue weighted by atomic mass is 10.2. The second-order valence-corrected chi connectivity index (χ2v) is 3.40. The molecule has 1 N–H and O–H groups in total. The number of rotatable bonds is 0. The fraction of sp³-hybridized carbons (Fsp3) is 0.222. The topological polar surface area (TPSA) is 47.1 Å². The van der Waals surface area contributed by atoms with Gasteiger partial charge in [-0.1, -0.05) is 0 Å². The van der Waals surface area contributed by atoms with Crippen LogP contribution in [0.3, 0.4) is 0 Å². The molecule has 0 bridgehead atoms. The van der Waals surface area contributed by atoms with Gasteiger partial charge in [-0.3, -0.25) is 0 Å². The minimum absolute atomic E-state index is 0.377. The zero-order valence-corrected chi connectivity index (χ0v) is 7.97. The second-order valence-electron chi connectivity index (χ2n) is 3.04. The van der Waals surface area contributed by atoms with Crippen molar-refractivity contribution in [1.82, 2.24) is 9.97 Å². The third kappa shape index (κ3) is 1.11. The number of imidazole rings is 1. The lowest BCUT2D eigenvalue weighted by molar-refractivity contribution is 0.172. The summed E-state index contributed by atoms with van der Waals surface area (Å²) in [5.74, 6) is 1.47. The Kier molecular flexibility index (Phi) is 1.58. The molecular formula is C9H7ClN2O2. The van der Waals surface area contributed by atoms with Gasteiger partial charge in [-0.25, -0.2) is 4.98 Å². The number of ether oxygens (including phenoxy) is 2. The van der Waals surface area contributed by atoms with Crippen LogP contribution in [0.5, 0.6) is 11.5 Å². The predicted octanol–water partition coefficient (Wildman–Crippen LogP) is 1.99. The first-order valence-electron chi connectivity index (χ1n) is 4.28. The van der Waals surface area contributed by atoms with Crippen molar-refractivity contribution in [3.63, 3.8) is 0 Å². The van der Waals surface area contributed by atoms with Crippen molar-refractivity contribution >= 4 is 22.6 Å². The number of hydrogen-bond acceptors (Lipinski definition) is 3. The van der Waals surface area contributed by atoms with E-state index in [0.29, 0.717) is 18.5 Å². The Balaban J connectivity index is 2.26. The van der Waals surface area contributed by atoms with Gasteiger partial charge in [0.1, 0.15) is 13.2 Å². The van der Waals surface area contributed by atoms with E-state index in [9.17, 15) is 0 Å². The van der Waals surface area contributed by atoms with E-state index in [2.05, 4.69) is 9.97 Å². The number of hydrogen-bond donors (Lipinski definition) is 1. The van der Waals surface area contributed by atoms with Crippen molar-refractivity contribution in [2.24, 2.45) is 0 Å². The van der Waals surface area contributed by atoms with Gasteiger partial charge in [-0.05, 0) is 11.6 Å². The summed E-state index contributed by atoms with van der Waals surface area (Å²) in [4.78, 5) is 7.02. The molecule has 1 aliphatic rings. The monoisotopic (exact) mass is 210 g/mol. The molecule has 0 aliphatic carbocycles. The quantitative estimate of drug-likeness (QED) is 0.724. The van der Waals surface area contributed by atoms with E-state index in [0.717, 1.165) is 22.5 Å². The van der Waals surface area contributed by atoms with Crippen LogP contribution >= 0.6 is 11.6 Å². The van der Waals surface area contributed by atoms with Crippen LogP contribution in [0, 0.1) is 0 Å². The molecule has 5 heteroatoms. The standard InChI is InChI=1S/C9H7ClN2O2/c10-9-11-5-3-7-8(4-6(5)12-9)14-2-1-13-7/h3-4H,1-2H2,(H,11,12). The lowest BCUT2D eigenvalue weighted by Crippen LogP contribution is -2.15. The van der Waals surface area contributed by atoms with Gasteiger partial charge in [-0.15, -0.1) is 0 Å². The molecule has 3 rings (SSSR count). The number of nitrogens with one attached hydrogen (secondary N) is 1. The molecule has 1 aromatic carbocycles. The van der Waals surface area contributed by atoms with Crippen LogP contribution in [-0.2, 0) is 0 Å². The Bertz CT molecular complexity index is 452. The molecule has 1 aromatic heterocycles. The SMILES string of the molecule is Clc1nc2cc3c(cc2[nH]1)OCCO3. The fourth-order valence-electron chi connectivity index (χ4n) is 1.52. The van der Waals surface area contributed by atoms with Gasteiger partial charge in [0.05, 0.1) is 11.0 Å². The van der Waals surface area contributed by atoms with Crippen LogP contribution < -0.4 is 9.47 Å². The Morgan fingerprint density at radius 3 is 2.71 bits per heavy atom. The number of halogens is 1. The van der Waals surface area contributed by atoms with Gasteiger partial charge in [0.25, 0.3) is 0 Å². The van der Waals surface area contributed by atoms with Crippen molar-refractivity contribution in [2.75, 3.05) is 13.2 Å². The molecule has 72 valence electrons. The summed E-state index contributed by atoms with van der Waals surface area (Å²) < 4.78 is 10.8. The smallest absolute Gasteiger partial charge is 0.201 e. The largest absolute Gasteiger partial charge is 0.486 e. The first-order chi connectivity index (χ1) is 6.83. The first kappa shape index (κ1) is 7.94. The van der Waals surface area contributed by atoms with Crippen molar-refractivity contribution in [2.45, 2.75) is 0 Å². The second kappa shape index (κ2) is 2.78. The molecule has 0 spiro atoms. The zero-order valence-electron chi connectivity index (χ0n) is 7.21. The highest BCUT2D eigenvalue weighted by molar-refractivity contribution is 6.29. The molecule has 14 heavy (non-hydrogen) atoms. The van der Waals surface area contributed by atoms with Crippen LogP contribution in [0.15, 0.2) is 12.1 Å². The summed E-state index contributed by atoms with van der Waals surface area (Å²) >= 11 is 5.74. The average Bonchev–Trinajstić information content (AvgIpc) is 2.53. The van der Waals surface area contributed by atoms with Crippen molar-refractivity contribution in [3.8, 4) is 11.5 Å².